The Morgan fingerprint density at radius 3 is 2.22 bits per heavy atom. The van der Waals surface area contributed by atoms with Crippen LogP contribution in [0.2, 0.25) is 0 Å². The van der Waals surface area contributed by atoms with E-state index in [-0.39, 0.29) is 41.4 Å². The molecule has 0 aromatic rings. The molecule has 0 saturated heterocycles. The van der Waals surface area contributed by atoms with E-state index in [4.69, 9.17) is 12.9 Å². The molecule has 4 rings (SSSR count). The van der Waals surface area contributed by atoms with Gasteiger partial charge >= 0.3 is 26.8 Å². The quantitative estimate of drug-likeness (QED) is 0.373. The molecule has 36 heavy (non-hydrogen) atoms. The fourth-order valence-corrected chi connectivity index (χ4v) is 10.3. The third-order valence-corrected chi connectivity index (χ3v) is 11.7. The third kappa shape index (κ3) is 5.36. The number of carbonyl (C=O) groups is 1. The Morgan fingerprint density at radius 1 is 0.944 bits per heavy atom. The summed E-state index contributed by atoms with van der Waals surface area (Å²) in [6.07, 6.45) is 5.02. The van der Waals surface area contributed by atoms with E-state index >= 15 is 0 Å². The maximum Gasteiger partial charge on any atom is 0.397 e. The lowest BCUT2D eigenvalue weighted by molar-refractivity contribution is -0.167. The zero-order chi connectivity index (χ0) is 26.7. The molecule has 0 aliphatic heterocycles. The molecule has 10 nitrogen and oxygen atoms in total. The molecular weight excluding hydrogens is 512 g/mol. The van der Waals surface area contributed by atoms with Gasteiger partial charge in [0.05, 0.1) is 12.2 Å². The molecule has 0 bridgehead atoms. The van der Waals surface area contributed by atoms with E-state index in [0.717, 1.165) is 25.7 Å². The van der Waals surface area contributed by atoms with E-state index < -0.39 is 44.4 Å². The number of aliphatic carboxylic acids is 1. The zero-order valence-electron chi connectivity index (χ0n) is 21.2. The normalized spacial score (nSPS) is 43.8. The van der Waals surface area contributed by atoms with Crippen LogP contribution in [-0.4, -0.2) is 49.2 Å². The lowest BCUT2D eigenvalue weighted by atomic mass is 9.43. The highest BCUT2D eigenvalue weighted by atomic mass is 32.3. The van der Waals surface area contributed by atoms with E-state index in [0.29, 0.717) is 38.0 Å². The van der Waals surface area contributed by atoms with Crippen molar-refractivity contribution in [3.8, 4) is 0 Å². The SMILES string of the molecule is C[C@H](CCC(=O)O)[C@H]1CC[C@H]2[C@@H]3CC[C@@H]4C[C@H](OS(=O)(=O)O)CC[C@]4(C)[C@H]3C[C@H](OS(=O)(=O)O)[C@]12C. The van der Waals surface area contributed by atoms with Gasteiger partial charge in [-0.3, -0.25) is 13.9 Å². The Bertz CT molecular complexity index is 1060. The van der Waals surface area contributed by atoms with Crippen molar-refractivity contribution in [3.63, 3.8) is 0 Å². The van der Waals surface area contributed by atoms with Crippen molar-refractivity contribution >= 4 is 26.8 Å². The Labute approximate surface area is 214 Å². The maximum atomic E-state index is 12.0. The summed E-state index contributed by atoms with van der Waals surface area (Å²) in [6.45, 7) is 6.31. The van der Waals surface area contributed by atoms with Crippen LogP contribution in [-0.2, 0) is 34.0 Å². The van der Waals surface area contributed by atoms with Crippen LogP contribution in [0.1, 0.15) is 85.0 Å². The molecule has 0 heterocycles. The number of rotatable bonds is 8. The molecule has 0 amide bonds. The predicted molar refractivity (Wildman–Crippen MR) is 129 cm³/mol. The van der Waals surface area contributed by atoms with Gasteiger partial charge in [-0.15, -0.1) is 0 Å². The van der Waals surface area contributed by atoms with Gasteiger partial charge in [0, 0.05) is 11.8 Å². The Balaban J connectivity index is 1.63. The standard InChI is InChI=1S/C24H40O10S2/c1-14(4-9-22(25)26)18-7-8-19-17-6-5-15-12-16(33-35(27,28)29)10-11-23(15,2)20(17)13-21(24(18,19)3)34-36(30,31)32/h14-21H,4-13H2,1-3H3,(H,25,26)(H,27,28,29)(H,30,31,32)/t14-,15-,16-,17+,18-,19+,20+,21+,23+,24-/m1/s1. The van der Waals surface area contributed by atoms with Crippen molar-refractivity contribution in [1.29, 1.82) is 0 Å². The van der Waals surface area contributed by atoms with Crippen LogP contribution in [0.3, 0.4) is 0 Å². The van der Waals surface area contributed by atoms with E-state index in [2.05, 4.69) is 13.8 Å². The summed E-state index contributed by atoms with van der Waals surface area (Å²) in [5.74, 6) is 0.135. The Hall–Kier alpha value is -0.790. The number of carboxylic acids is 1. The highest BCUT2D eigenvalue weighted by Gasteiger charge is 2.65. The zero-order valence-corrected chi connectivity index (χ0v) is 22.8. The lowest BCUT2D eigenvalue weighted by Gasteiger charge is -2.62. The van der Waals surface area contributed by atoms with Crippen LogP contribution in [0.15, 0.2) is 0 Å². The molecule has 0 aromatic heterocycles. The Kier molecular flexibility index (Phi) is 7.64. The first-order valence-corrected chi connectivity index (χ1v) is 15.8. The summed E-state index contributed by atoms with van der Waals surface area (Å²) in [7, 11) is -9.23. The molecule has 10 atom stereocenters. The van der Waals surface area contributed by atoms with Gasteiger partial charge in [-0.2, -0.15) is 16.8 Å². The summed E-state index contributed by atoms with van der Waals surface area (Å²) in [4.78, 5) is 11.2. The fourth-order valence-electron chi connectivity index (χ4n) is 9.22. The molecule has 0 spiro atoms. The number of fused-ring (bicyclic) bond motifs is 5. The highest BCUT2D eigenvalue weighted by Crippen LogP contribution is 2.69. The summed E-state index contributed by atoms with van der Waals surface area (Å²) < 4.78 is 75.7. The molecule has 0 radical (unpaired) electrons. The molecular formula is C24H40O10S2. The van der Waals surface area contributed by atoms with Crippen LogP contribution in [0.25, 0.3) is 0 Å². The minimum atomic E-state index is -4.70. The van der Waals surface area contributed by atoms with Crippen LogP contribution < -0.4 is 0 Å². The third-order valence-electron chi connectivity index (χ3n) is 10.8. The van der Waals surface area contributed by atoms with Crippen molar-refractivity contribution in [2.45, 2.75) is 97.2 Å². The lowest BCUT2D eigenvalue weighted by Crippen LogP contribution is -2.59. The van der Waals surface area contributed by atoms with Crippen molar-refractivity contribution in [2.24, 2.45) is 46.3 Å². The first-order valence-electron chi connectivity index (χ1n) is 13.1. The van der Waals surface area contributed by atoms with Crippen molar-refractivity contribution in [1.82, 2.24) is 0 Å². The second kappa shape index (κ2) is 9.75. The number of hydrogen-bond donors (Lipinski definition) is 3. The molecule has 4 aliphatic carbocycles. The molecule has 4 aliphatic rings. The van der Waals surface area contributed by atoms with Crippen LogP contribution in [0, 0.1) is 46.3 Å². The van der Waals surface area contributed by atoms with Crippen LogP contribution in [0.5, 0.6) is 0 Å². The highest BCUT2D eigenvalue weighted by molar-refractivity contribution is 7.81. The molecule has 0 aromatic carbocycles. The van der Waals surface area contributed by atoms with Gasteiger partial charge in [-0.05, 0) is 98.7 Å². The monoisotopic (exact) mass is 552 g/mol. The van der Waals surface area contributed by atoms with Gasteiger partial charge in [-0.25, -0.2) is 8.37 Å². The molecule has 4 fully saturated rings. The average Bonchev–Trinajstić information content (AvgIpc) is 3.09. The van der Waals surface area contributed by atoms with Gasteiger partial charge in [0.2, 0.25) is 0 Å². The van der Waals surface area contributed by atoms with Crippen molar-refractivity contribution < 1.29 is 44.2 Å². The fraction of sp³-hybridized carbons (Fsp3) is 0.958. The second-order valence-corrected chi connectivity index (χ2v) is 14.4. The van der Waals surface area contributed by atoms with Gasteiger partial charge < -0.3 is 5.11 Å². The van der Waals surface area contributed by atoms with Crippen molar-refractivity contribution in [3.05, 3.63) is 0 Å². The van der Waals surface area contributed by atoms with Crippen molar-refractivity contribution in [2.75, 3.05) is 0 Å². The van der Waals surface area contributed by atoms with Crippen LogP contribution in [0.4, 0.5) is 0 Å². The number of carboxylic acid groups (broad SMARTS) is 1. The van der Waals surface area contributed by atoms with Gasteiger partial charge in [0.25, 0.3) is 0 Å². The van der Waals surface area contributed by atoms with Crippen LogP contribution >= 0.6 is 0 Å². The molecule has 3 N–H and O–H groups in total. The predicted octanol–water partition coefficient (Wildman–Crippen LogP) is 4.13. The molecule has 12 heteroatoms. The van der Waals surface area contributed by atoms with E-state index in [1.807, 2.05) is 6.92 Å². The largest absolute Gasteiger partial charge is 0.481 e. The molecule has 0 unspecified atom stereocenters. The maximum absolute atomic E-state index is 12.0. The first kappa shape index (κ1) is 28.2. The minimum Gasteiger partial charge on any atom is -0.481 e. The topological polar surface area (TPSA) is 164 Å². The van der Waals surface area contributed by atoms with Gasteiger partial charge in [0.1, 0.15) is 0 Å². The summed E-state index contributed by atoms with van der Waals surface area (Å²) >= 11 is 0. The molecule has 4 saturated carbocycles. The molecule has 208 valence electrons. The summed E-state index contributed by atoms with van der Waals surface area (Å²) in [6, 6.07) is 0. The Morgan fingerprint density at radius 2 is 1.61 bits per heavy atom. The van der Waals surface area contributed by atoms with Gasteiger partial charge in [-0.1, -0.05) is 20.8 Å². The van der Waals surface area contributed by atoms with E-state index in [1.54, 1.807) is 0 Å². The van der Waals surface area contributed by atoms with Gasteiger partial charge in [0.15, 0.2) is 0 Å². The smallest absolute Gasteiger partial charge is 0.397 e. The van der Waals surface area contributed by atoms with E-state index in [1.165, 1.54) is 0 Å². The van der Waals surface area contributed by atoms with E-state index in [9.17, 15) is 31.3 Å². The average molecular weight is 553 g/mol. The minimum absolute atomic E-state index is 0.0564. The summed E-state index contributed by atoms with van der Waals surface area (Å²) in [5.41, 5.74) is -0.680. The number of hydrogen-bond acceptors (Lipinski definition) is 7. The second-order valence-electron chi connectivity index (χ2n) is 12.3. The summed E-state index contributed by atoms with van der Waals surface area (Å²) in [5, 5.41) is 9.19. The first-order chi connectivity index (χ1) is 16.5.